The van der Waals surface area contributed by atoms with Crippen molar-refractivity contribution in [3.63, 3.8) is 0 Å². The Kier molecular flexibility index (Phi) is 5.10. The first kappa shape index (κ1) is 18.2. The number of carbonyl (C=O) groups excluding carboxylic acids is 1. The number of carbonyl (C=O) groups is 1. The average Bonchev–Trinajstić information content (AvgIpc) is 3.34. The summed E-state index contributed by atoms with van der Waals surface area (Å²) >= 11 is 0. The van der Waals surface area contributed by atoms with Gasteiger partial charge in [0.2, 0.25) is 0 Å². The lowest BCUT2D eigenvalue weighted by Crippen LogP contribution is -2.38. The number of amides is 2. The van der Waals surface area contributed by atoms with Gasteiger partial charge in [0.15, 0.2) is 0 Å². The van der Waals surface area contributed by atoms with E-state index < -0.39 is 0 Å². The Labute approximate surface area is 163 Å². The van der Waals surface area contributed by atoms with Crippen molar-refractivity contribution in [2.24, 2.45) is 0 Å². The SMILES string of the molecule is Cc1cnc(-c2ccccc2)n1C1CCN(C(=O)NCc2ccc(F)cc2)C1. The lowest BCUT2D eigenvalue weighted by Gasteiger charge is -2.20. The fraction of sp³-hybridized carbons (Fsp3) is 0.273. The molecule has 144 valence electrons. The molecule has 0 bridgehead atoms. The van der Waals surface area contributed by atoms with Crippen molar-refractivity contribution >= 4 is 6.03 Å². The van der Waals surface area contributed by atoms with E-state index in [1.165, 1.54) is 12.1 Å². The first-order valence-corrected chi connectivity index (χ1v) is 9.48. The quantitative estimate of drug-likeness (QED) is 0.741. The van der Waals surface area contributed by atoms with Crippen LogP contribution in [-0.4, -0.2) is 33.6 Å². The van der Waals surface area contributed by atoms with E-state index in [4.69, 9.17) is 0 Å². The van der Waals surface area contributed by atoms with E-state index in [1.807, 2.05) is 29.3 Å². The van der Waals surface area contributed by atoms with Gasteiger partial charge in [-0.25, -0.2) is 14.2 Å². The van der Waals surface area contributed by atoms with Crippen molar-refractivity contribution in [1.82, 2.24) is 19.8 Å². The molecule has 2 aromatic carbocycles. The van der Waals surface area contributed by atoms with Gasteiger partial charge >= 0.3 is 6.03 Å². The molecule has 0 aliphatic carbocycles. The number of benzene rings is 2. The number of aryl methyl sites for hydroxylation is 1. The third kappa shape index (κ3) is 3.76. The lowest BCUT2D eigenvalue weighted by molar-refractivity contribution is 0.206. The van der Waals surface area contributed by atoms with E-state index >= 15 is 0 Å². The lowest BCUT2D eigenvalue weighted by atomic mass is 10.2. The minimum Gasteiger partial charge on any atom is -0.334 e. The number of hydrogen-bond acceptors (Lipinski definition) is 2. The molecule has 2 amide bonds. The molecule has 4 rings (SSSR count). The van der Waals surface area contributed by atoms with Crippen LogP contribution in [0.25, 0.3) is 11.4 Å². The van der Waals surface area contributed by atoms with Crippen LogP contribution in [0, 0.1) is 12.7 Å². The summed E-state index contributed by atoms with van der Waals surface area (Å²) in [6.45, 7) is 3.79. The number of halogens is 1. The van der Waals surface area contributed by atoms with Gasteiger partial charge in [-0.2, -0.15) is 0 Å². The predicted octanol–water partition coefficient (Wildman–Crippen LogP) is 4.15. The Morgan fingerprint density at radius 1 is 1.18 bits per heavy atom. The molecule has 1 atom stereocenters. The van der Waals surface area contributed by atoms with Crippen LogP contribution in [0.4, 0.5) is 9.18 Å². The first-order valence-electron chi connectivity index (χ1n) is 9.48. The van der Waals surface area contributed by atoms with E-state index in [0.717, 1.165) is 29.1 Å². The summed E-state index contributed by atoms with van der Waals surface area (Å²) in [6.07, 6.45) is 2.78. The molecule has 1 aromatic heterocycles. The molecule has 1 fully saturated rings. The highest BCUT2D eigenvalue weighted by atomic mass is 19.1. The summed E-state index contributed by atoms with van der Waals surface area (Å²) < 4.78 is 15.2. The fourth-order valence-corrected chi connectivity index (χ4v) is 3.74. The average molecular weight is 378 g/mol. The van der Waals surface area contributed by atoms with Gasteiger partial charge in [0, 0.05) is 37.1 Å². The summed E-state index contributed by atoms with van der Waals surface area (Å²) in [5.41, 5.74) is 3.05. The van der Waals surface area contributed by atoms with Gasteiger partial charge in [-0.05, 0) is 31.0 Å². The molecule has 1 aliphatic rings. The number of aromatic nitrogens is 2. The molecular formula is C22H23FN4O. The third-order valence-electron chi connectivity index (χ3n) is 5.19. The Morgan fingerprint density at radius 2 is 1.93 bits per heavy atom. The molecule has 1 aliphatic heterocycles. The maximum Gasteiger partial charge on any atom is 0.317 e. The monoisotopic (exact) mass is 378 g/mol. The summed E-state index contributed by atoms with van der Waals surface area (Å²) in [5, 5.41) is 2.93. The van der Waals surface area contributed by atoms with E-state index in [1.54, 1.807) is 12.1 Å². The number of hydrogen-bond donors (Lipinski definition) is 1. The molecule has 0 radical (unpaired) electrons. The third-order valence-corrected chi connectivity index (χ3v) is 5.19. The van der Waals surface area contributed by atoms with Gasteiger partial charge in [-0.1, -0.05) is 42.5 Å². The Bertz CT molecular complexity index is 952. The van der Waals surface area contributed by atoms with Crippen LogP contribution in [-0.2, 0) is 6.54 Å². The summed E-state index contributed by atoms with van der Waals surface area (Å²) in [6, 6.07) is 16.4. The van der Waals surface area contributed by atoms with E-state index in [9.17, 15) is 9.18 Å². The second kappa shape index (κ2) is 7.84. The van der Waals surface area contributed by atoms with E-state index in [2.05, 4.69) is 33.9 Å². The van der Waals surface area contributed by atoms with Crippen LogP contribution in [0.3, 0.4) is 0 Å². The number of imidazole rings is 1. The standard InChI is InChI=1S/C22H23FN4O/c1-16-13-24-21(18-5-3-2-4-6-18)27(16)20-11-12-26(15-20)22(28)25-14-17-7-9-19(23)10-8-17/h2-10,13,20H,11-12,14-15H2,1H3,(H,25,28). The van der Waals surface area contributed by atoms with Crippen molar-refractivity contribution in [2.45, 2.75) is 25.9 Å². The summed E-state index contributed by atoms with van der Waals surface area (Å²) in [4.78, 5) is 19.0. The zero-order valence-electron chi connectivity index (χ0n) is 15.8. The zero-order chi connectivity index (χ0) is 19.5. The molecule has 1 N–H and O–H groups in total. The minimum absolute atomic E-state index is 0.0918. The van der Waals surface area contributed by atoms with Gasteiger partial charge in [-0.15, -0.1) is 0 Å². The topological polar surface area (TPSA) is 50.2 Å². The maximum atomic E-state index is 13.0. The van der Waals surface area contributed by atoms with Crippen LogP contribution in [0.15, 0.2) is 60.8 Å². The molecule has 1 saturated heterocycles. The van der Waals surface area contributed by atoms with Crippen molar-refractivity contribution in [2.75, 3.05) is 13.1 Å². The normalized spacial score (nSPS) is 16.4. The molecule has 5 nitrogen and oxygen atoms in total. The van der Waals surface area contributed by atoms with Crippen molar-refractivity contribution in [3.05, 3.63) is 77.9 Å². The van der Waals surface area contributed by atoms with Gasteiger partial charge in [0.25, 0.3) is 0 Å². The van der Waals surface area contributed by atoms with Gasteiger partial charge in [0.1, 0.15) is 11.6 Å². The number of rotatable bonds is 4. The van der Waals surface area contributed by atoms with Crippen molar-refractivity contribution < 1.29 is 9.18 Å². The minimum atomic E-state index is -0.276. The smallest absolute Gasteiger partial charge is 0.317 e. The zero-order valence-corrected chi connectivity index (χ0v) is 15.8. The number of nitrogens with zero attached hydrogens (tertiary/aromatic N) is 3. The first-order chi connectivity index (χ1) is 13.6. The fourth-order valence-electron chi connectivity index (χ4n) is 3.74. The maximum absolute atomic E-state index is 13.0. The van der Waals surface area contributed by atoms with Crippen molar-refractivity contribution in [3.8, 4) is 11.4 Å². The summed E-state index contributed by atoms with van der Waals surface area (Å²) in [5.74, 6) is 0.666. The Morgan fingerprint density at radius 3 is 2.68 bits per heavy atom. The number of urea groups is 1. The molecule has 28 heavy (non-hydrogen) atoms. The molecule has 2 heterocycles. The summed E-state index contributed by atoms with van der Waals surface area (Å²) in [7, 11) is 0. The molecular weight excluding hydrogens is 355 g/mol. The Balaban J connectivity index is 1.42. The highest BCUT2D eigenvalue weighted by Gasteiger charge is 2.29. The van der Waals surface area contributed by atoms with Crippen LogP contribution in [0.5, 0.6) is 0 Å². The van der Waals surface area contributed by atoms with Crippen molar-refractivity contribution in [1.29, 1.82) is 0 Å². The molecule has 6 heteroatoms. The van der Waals surface area contributed by atoms with Crippen LogP contribution in [0.2, 0.25) is 0 Å². The second-order valence-electron chi connectivity index (χ2n) is 7.13. The van der Waals surface area contributed by atoms with Crippen LogP contribution in [0.1, 0.15) is 23.7 Å². The highest BCUT2D eigenvalue weighted by molar-refractivity contribution is 5.74. The molecule has 0 spiro atoms. The highest BCUT2D eigenvalue weighted by Crippen LogP contribution is 2.29. The Hall–Kier alpha value is -3.15. The van der Waals surface area contributed by atoms with Crippen LogP contribution >= 0.6 is 0 Å². The van der Waals surface area contributed by atoms with E-state index in [-0.39, 0.29) is 17.9 Å². The van der Waals surface area contributed by atoms with Gasteiger partial charge < -0.3 is 14.8 Å². The molecule has 1 unspecified atom stereocenters. The van der Waals surface area contributed by atoms with Crippen LogP contribution < -0.4 is 5.32 Å². The second-order valence-corrected chi connectivity index (χ2v) is 7.13. The molecule has 3 aromatic rings. The number of nitrogens with one attached hydrogen (secondary N) is 1. The molecule has 0 saturated carbocycles. The predicted molar refractivity (Wildman–Crippen MR) is 106 cm³/mol. The largest absolute Gasteiger partial charge is 0.334 e. The van der Waals surface area contributed by atoms with Gasteiger partial charge in [-0.3, -0.25) is 0 Å². The number of likely N-dealkylation sites (tertiary alicyclic amines) is 1. The van der Waals surface area contributed by atoms with E-state index in [0.29, 0.717) is 19.6 Å². The van der Waals surface area contributed by atoms with Gasteiger partial charge in [0.05, 0.1) is 6.04 Å².